The molecule has 0 N–H and O–H groups in total. The van der Waals surface area contributed by atoms with E-state index in [1.165, 1.54) is 38.4 Å². The summed E-state index contributed by atoms with van der Waals surface area (Å²) in [6.07, 6.45) is 0. The van der Waals surface area contributed by atoms with Crippen LogP contribution < -0.4 is 4.74 Å². The van der Waals surface area contributed by atoms with Crippen LogP contribution in [0, 0.1) is 57.1 Å². The molecule has 0 amide bonds. The summed E-state index contributed by atoms with van der Waals surface area (Å²) in [7, 11) is 0. The smallest absolute Gasteiger partial charge is 0.455 e. The minimum Gasteiger partial charge on any atom is -0.455 e. The van der Waals surface area contributed by atoms with Gasteiger partial charge in [0.25, 0.3) is 0 Å². The van der Waals surface area contributed by atoms with Crippen LogP contribution in [-0.4, -0.2) is 0 Å². The van der Waals surface area contributed by atoms with E-state index in [9.17, 15) is 0 Å². The van der Waals surface area contributed by atoms with Gasteiger partial charge < -0.3 is 4.74 Å². The predicted octanol–water partition coefficient (Wildman–Crippen LogP) is 8.80. The number of fused-ring (bicyclic) bond motifs is 6. The van der Waals surface area contributed by atoms with E-state index in [1.807, 2.05) is 6.07 Å². The number of benzene rings is 6. The van der Waals surface area contributed by atoms with E-state index in [0.717, 1.165) is 38.8 Å². The van der Waals surface area contributed by atoms with Gasteiger partial charge in [-0.1, -0.05) is 67.8 Å². The molecule has 6 aromatic carbocycles. The molecule has 0 saturated carbocycles. The first-order valence-electron chi connectivity index (χ1n) is 11.3. The van der Waals surface area contributed by atoms with Crippen molar-refractivity contribution in [3.63, 3.8) is 0 Å². The van der Waals surface area contributed by atoms with Gasteiger partial charge in [-0.3, -0.25) is 0 Å². The zero-order valence-electron chi connectivity index (χ0n) is 19.0. The average molecular weight is 659 g/mol. The Bertz CT molecular complexity index is 1760. The van der Waals surface area contributed by atoms with Crippen LogP contribution in [0.2, 0.25) is 0 Å². The summed E-state index contributed by atoms with van der Waals surface area (Å²) in [4.78, 5) is 0. The van der Waals surface area contributed by atoms with Crippen molar-refractivity contribution in [2.75, 3.05) is 0 Å². The Morgan fingerprint density at radius 1 is 0.735 bits per heavy atom. The maximum Gasteiger partial charge on any atom is 2.00 e. The second-order valence-electron chi connectivity index (χ2n) is 8.89. The summed E-state index contributed by atoms with van der Waals surface area (Å²) in [6.45, 7) is 4.28. The summed E-state index contributed by atoms with van der Waals surface area (Å²) < 4.78 is 6.63. The number of hydrogen-bond acceptors (Lipinski definition) is 1. The Morgan fingerprint density at radius 2 is 1.56 bits per heavy atom. The van der Waals surface area contributed by atoms with Crippen LogP contribution in [0.3, 0.4) is 0 Å². The first-order valence-corrected chi connectivity index (χ1v) is 11.3. The van der Waals surface area contributed by atoms with E-state index in [0.29, 0.717) is 0 Å². The van der Waals surface area contributed by atoms with Crippen LogP contribution in [0.4, 0.5) is 0 Å². The zero-order valence-corrected chi connectivity index (χ0v) is 23.2. The molecule has 0 saturated heterocycles. The predicted molar refractivity (Wildman–Crippen MR) is 137 cm³/mol. The molecule has 7 rings (SSSR count). The van der Waals surface area contributed by atoms with Gasteiger partial charge in [0.2, 0.25) is 0 Å². The topological polar surface area (TPSA) is 9.23 Å². The van der Waals surface area contributed by atoms with Crippen LogP contribution in [0.5, 0.6) is 11.5 Å². The number of aryl methyl sites for hydroxylation is 2. The van der Waals surface area contributed by atoms with Crippen LogP contribution in [0.25, 0.3) is 54.6 Å². The third-order valence-corrected chi connectivity index (χ3v) is 6.81. The third-order valence-electron chi connectivity index (χ3n) is 6.81. The summed E-state index contributed by atoms with van der Waals surface area (Å²) >= 11 is 0. The molecule has 0 radical (unpaired) electrons. The van der Waals surface area contributed by atoms with E-state index in [-0.39, 0.29) is 31.1 Å². The van der Waals surface area contributed by atoms with Crippen LogP contribution in [0.1, 0.15) is 11.1 Å². The van der Waals surface area contributed by atoms with E-state index in [2.05, 4.69) is 105 Å². The maximum absolute atomic E-state index is 6.63. The first-order chi connectivity index (χ1) is 16.2. The second-order valence-corrected chi connectivity index (χ2v) is 8.89. The van der Waals surface area contributed by atoms with E-state index in [1.54, 1.807) is 0 Å². The Morgan fingerprint density at radius 3 is 2.44 bits per heavy atom. The fraction of sp³-hybridized carbons (Fsp3) is 0.0625. The zero-order chi connectivity index (χ0) is 22.1. The minimum absolute atomic E-state index is 0. The van der Waals surface area contributed by atoms with Gasteiger partial charge in [0.1, 0.15) is 11.5 Å². The Kier molecular flexibility index (Phi) is 5.07. The molecule has 0 spiro atoms. The van der Waals surface area contributed by atoms with Gasteiger partial charge in [-0.2, -0.15) is 0 Å². The van der Waals surface area contributed by atoms with Crippen molar-refractivity contribution < 1.29 is 35.9 Å². The Hall–Kier alpha value is -3.05. The molecule has 6 aromatic rings. The van der Waals surface area contributed by atoms with Gasteiger partial charge in [0, 0.05) is 16.3 Å². The van der Waals surface area contributed by atoms with Crippen molar-refractivity contribution in [2.45, 2.75) is 13.8 Å². The molecule has 0 fully saturated rings. The molecule has 158 valence electrons. The summed E-state index contributed by atoms with van der Waals surface area (Å²) in [5, 5.41) is 6.99. The van der Waals surface area contributed by atoms with Crippen LogP contribution in [-0.2, 0) is 0 Å². The van der Waals surface area contributed by atoms with Crippen molar-refractivity contribution >= 4 is 32.3 Å². The van der Waals surface area contributed by atoms with Gasteiger partial charge in [0.05, 0.1) is 0 Å². The SMILES string of the molecule is Cc1c[c-]c(-c2c3[c-]cccc3c3c4c(cccc24)Oc2c-3ccc3ccccc23)c(C)c1.[U+2]. The molecule has 0 unspecified atom stereocenters. The number of ether oxygens (including phenoxy) is 1. The normalized spacial score (nSPS) is 11.8. The van der Waals surface area contributed by atoms with Gasteiger partial charge in [-0.25, -0.2) is 0 Å². The molecule has 0 bridgehead atoms. The molecule has 0 aliphatic carbocycles. The Balaban J connectivity index is 0.00000217. The molecule has 1 aliphatic rings. The van der Waals surface area contributed by atoms with Crippen molar-refractivity contribution in [3.05, 3.63) is 108 Å². The fourth-order valence-corrected chi connectivity index (χ4v) is 5.43. The molecule has 1 aliphatic heterocycles. The van der Waals surface area contributed by atoms with Crippen LogP contribution in [0.15, 0.2) is 84.9 Å². The van der Waals surface area contributed by atoms with Crippen molar-refractivity contribution in [1.82, 2.24) is 0 Å². The van der Waals surface area contributed by atoms with Gasteiger partial charge >= 0.3 is 31.1 Å². The number of hydrogen-bond donors (Lipinski definition) is 0. The molecule has 0 aromatic heterocycles. The third kappa shape index (κ3) is 2.99. The molecule has 1 heterocycles. The van der Waals surface area contributed by atoms with Crippen molar-refractivity contribution in [3.8, 4) is 33.8 Å². The molecule has 34 heavy (non-hydrogen) atoms. The quantitative estimate of drug-likeness (QED) is 0.127. The maximum atomic E-state index is 6.63. The fourth-order valence-electron chi connectivity index (χ4n) is 5.43. The molecular formula is C32H20OU. The van der Waals surface area contributed by atoms with E-state index < -0.39 is 0 Å². The van der Waals surface area contributed by atoms with Gasteiger partial charge in [0.15, 0.2) is 0 Å². The van der Waals surface area contributed by atoms with Gasteiger partial charge in [-0.05, 0) is 22.4 Å². The van der Waals surface area contributed by atoms with E-state index in [4.69, 9.17) is 4.74 Å². The van der Waals surface area contributed by atoms with Crippen molar-refractivity contribution in [1.29, 1.82) is 0 Å². The summed E-state index contributed by atoms with van der Waals surface area (Å²) in [6, 6.07) is 37.0. The molecule has 2 heteroatoms. The molecular weight excluding hydrogens is 638 g/mol. The minimum atomic E-state index is 0. The summed E-state index contributed by atoms with van der Waals surface area (Å²) in [5.74, 6) is 1.84. The number of rotatable bonds is 1. The van der Waals surface area contributed by atoms with Crippen LogP contribution >= 0.6 is 0 Å². The standard InChI is InChI=1S/C32H20O.U/c1-19-14-16-22(20(2)18-19)29-24-10-5-6-11-25(24)30-27-17-15-21-8-3-4-9-23(21)32(27)33-28-13-7-12-26(29)31(28)30;/h3-9,11-15,17-18H,1-2H3;/q-2;+2. The van der Waals surface area contributed by atoms with E-state index >= 15 is 0 Å². The van der Waals surface area contributed by atoms with Gasteiger partial charge in [-0.15, -0.1) is 70.1 Å². The second kappa shape index (κ2) is 8.02. The van der Waals surface area contributed by atoms with Crippen molar-refractivity contribution in [2.24, 2.45) is 0 Å². The first kappa shape index (κ1) is 21.5. The largest absolute Gasteiger partial charge is 2.00 e. The molecule has 1 nitrogen and oxygen atoms in total. The monoisotopic (exact) mass is 658 g/mol. The molecule has 0 atom stereocenters. The average Bonchev–Trinajstić information content (AvgIpc) is 2.84. The summed E-state index contributed by atoms with van der Waals surface area (Å²) in [5.41, 5.74) is 7.11. The Labute approximate surface area is 222 Å².